The van der Waals surface area contributed by atoms with Gasteiger partial charge in [-0.25, -0.2) is 18.1 Å². The maximum Gasteiger partial charge on any atom is 0.285 e. The molecule has 0 fully saturated rings. The SMILES string of the molecule is Cc1nc(C(=O)NS(=O)(=O)C=Cc2ccccc2)cn1Cc1ccc(OCc2ccccc2)cc1Cl. The van der Waals surface area contributed by atoms with Crippen LogP contribution >= 0.6 is 11.6 Å². The van der Waals surface area contributed by atoms with E-state index in [0.717, 1.165) is 16.5 Å². The molecule has 3 aromatic carbocycles. The van der Waals surface area contributed by atoms with E-state index in [1.165, 1.54) is 12.3 Å². The number of aromatic nitrogens is 2. The highest BCUT2D eigenvalue weighted by molar-refractivity contribution is 7.93. The predicted molar refractivity (Wildman–Crippen MR) is 140 cm³/mol. The summed E-state index contributed by atoms with van der Waals surface area (Å²) in [7, 11) is -3.99. The maximum absolute atomic E-state index is 12.5. The van der Waals surface area contributed by atoms with Gasteiger partial charge in [0.1, 0.15) is 23.9 Å². The fraction of sp³-hybridized carbons (Fsp3) is 0.111. The summed E-state index contributed by atoms with van der Waals surface area (Å²) in [6, 6.07) is 24.2. The van der Waals surface area contributed by atoms with Gasteiger partial charge in [0.15, 0.2) is 0 Å². The van der Waals surface area contributed by atoms with Gasteiger partial charge in [-0.15, -0.1) is 0 Å². The molecule has 7 nitrogen and oxygen atoms in total. The minimum absolute atomic E-state index is 0.0110. The third-order valence-corrected chi connectivity index (χ3v) is 6.61. The monoisotopic (exact) mass is 521 g/mol. The number of amides is 1. The number of aryl methyl sites for hydroxylation is 1. The highest BCUT2D eigenvalue weighted by atomic mass is 35.5. The Kier molecular flexibility index (Phi) is 7.87. The third kappa shape index (κ3) is 6.84. The molecule has 0 aliphatic heterocycles. The predicted octanol–water partition coefficient (Wildman–Crippen LogP) is 5.20. The van der Waals surface area contributed by atoms with Crippen molar-refractivity contribution in [3.63, 3.8) is 0 Å². The Hall–Kier alpha value is -3.88. The Morgan fingerprint density at radius 2 is 1.75 bits per heavy atom. The number of imidazole rings is 1. The Morgan fingerprint density at radius 3 is 2.44 bits per heavy atom. The zero-order chi connectivity index (χ0) is 25.5. The van der Waals surface area contributed by atoms with Crippen LogP contribution < -0.4 is 9.46 Å². The summed E-state index contributed by atoms with van der Waals surface area (Å²) in [6.07, 6.45) is 2.91. The molecule has 184 valence electrons. The molecule has 0 bridgehead atoms. The molecule has 0 radical (unpaired) electrons. The lowest BCUT2D eigenvalue weighted by Crippen LogP contribution is -2.29. The van der Waals surface area contributed by atoms with E-state index in [1.807, 2.05) is 53.3 Å². The molecule has 0 aliphatic rings. The summed E-state index contributed by atoms with van der Waals surface area (Å²) in [5.41, 5.74) is 2.54. The van der Waals surface area contributed by atoms with Gasteiger partial charge in [0.05, 0.1) is 12.0 Å². The van der Waals surface area contributed by atoms with Crippen LogP contribution in [0.2, 0.25) is 5.02 Å². The Morgan fingerprint density at radius 1 is 1.06 bits per heavy atom. The normalized spacial score (nSPS) is 11.5. The summed E-state index contributed by atoms with van der Waals surface area (Å²) >= 11 is 6.48. The molecule has 0 unspecified atom stereocenters. The van der Waals surface area contributed by atoms with E-state index in [4.69, 9.17) is 16.3 Å². The number of benzene rings is 3. The molecule has 0 aliphatic carbocycles. The van der Waals surface area contributed by atoms with Crippen LogP contribution in [-0.4, -0.2) is 23.9 Å². The van der Waals surface area contributed by atoms with Crippen LogP contribution in [0.1, 0.15) is 33.0 Å². The van der Waals surface area contributed by atoms with Gasteiger partial charge in [-0.3, -0.25) is 4.79 Å². The van der Waals surface area contributed by atoms with Crippen LogP contribution in [0.15, 0.2) is 90.5 Å². The average Bonchev–Trinajstić information content (AvgIpc) is 3.24. The highest BCUT2D eigenvalue weighted by Crippen LogP contribution is 2.24. The van der Waals surface area contributed by atoms with E-state index in [1.54, 1.807) is 41.8 Å². The molecule has 0 saturated heterocycles. The highest BCUT2D eigenvalue weighted by Gasteiger charge is 2.18. The number of sulfonamides is 1. The van der Waals surface area contributed by atoms with Crippen LogP contribution in [0.3, 0.4) is 0 Å². The first-order valence-electron chi connectivity index (χ1n) is 11.1. The Labute approximate surface area is 215 Å². The molecule has 9 heteroatoms. The molecule has 4 rings (SSSR count). The molecule has 0 atom stereocenters. The zero-order valence-electron chi connectivity index (χ0n) is 19.5. The first-order valence-corrected chi connectivity index (χ1v) is 13.0. The van der Waals surface area contributed by atoms with E-state index >= 15 is 0 Å². The summed E-state index contributed by atoms with van der Waals surface area (Å²) in [4.78, 5) is 16.8. The second-order valence-corrected chi connectivity index (χ2v) is 9.99. The average molecular weight is 522 g/mol. The summed E-state index contributed by atoms with van der Waals surface area (Å²) < 4.78 is 34.2. The molecule has 4 aromatic rings. The molecule has 0 spiro atoms. The number of carbonyl (C=O) groups excluding carboxylic acids is 1. The smallest absolute Gasteiger partial charge is 0.285 e. The molecule has 36 heavy (non-hydrogen) atoms. The van der Waals surface area contributed by atoms with Crippen molar-refractivity contribution in [2.75, 3.05) is 0 Å². The number of halogens is 1. The van der Waals surface area contributed by atoms with E-state index in [9.17, 15) is 13.2 Å². The van der Waals surface area contributed by atoms with E-state index in [-0.39, 0.29) is 5.69 Å². The number of nitrogens with zero attached hydrogens (tertiary/aromatic N) is 2. The summed E-state index contributed by atoms with van der Waals surface area (Å²) in [6.45, 7) is 2.51. The van der Waals surface area contributed by atoms with Gasteiger partial charge in [-0.1, -0.05) is 78.3 Å². The van der Waals surface area contributed by atoms with Gasteiger partial charge in [0.2, 0.25) is 0 Å². The van der Waals surface area contributed by atoms with Crippen molar-refractivity contribution in [2.45, 2.75) is 20.1 Å². The van der Waals surface area contributed by atoms with E-state index in [2.05, 4.69) is 4.98 Å². The number of nitrogens with one attached hydrogen (secondary N) is 1. The number of carbonyl (C=O) groups is 1. The minimum Gasteiger partial charge on any atom is -0.489 e. The lowest BCUT2D eigenvalue weighted by Gasteiger charge is -2.10. The first-order chi connectivity index (χ1) is 17.3. The molecule has 1 amide bonds. The third-order valence-electron chi connectivity index (χ3n) is 5.30. The molecular formula is C27H24ClN3O4S. The number of hydrogen-bond donors (Lipinski definition) is 1. The number of rotatable bonds is 9. The Balaban J connectivity index is 1.40. The van der Waals surface area contributed by atoms with Crippen molar-refractivity contribution in [1.82, 2.24) is 14.3 Å². The van der Waals surface area contributed by atoms with Crippen molar-refractivity contribution < 1.29 is 17.9 Å². The van der Waals surface area contributed by atoms with Crippen LogP contribution in [0.25, 0.3) is 6.08 Å². The van der Waals surface area contributed by atoms with Crippen LogP contribution in [-0.2, 0) is 23.2 Å². The maximum atomic E-state index is 12.5. The standard InChI is InChI=1S/C27H24ClN3O4S/c1-20-29-26(27(32)30-36(33,34)15-14-21-8-4-2-5-9-21)18-31(20)17-23-12-13-24(16-25(23)28)35-19-22-10-6-3-7-11-22/h2-16,18H,17,19H2,1H3,(H,30,32). The van der Waals surface area contributed by atoms with Gasteiger partial charge in [-0.05, 0) is 41.8 Å². The van der Waals surface area contributed by atoms with Gasteiger partial charge in [0, 0.05) is 11.2 Å². The summed E-state index contributed by atoms with van der Waals surface area (Å²) in [5, 5.41) is 1.46. The second-order valence-electron chi connectivity index (χ2n) is 8.02. The number of ether oxygens (including phenoxy) is 1. The number of hydrogen-bond acceptors (Lipinski definition) is 5. The van der Waals surface area contributed by atoms with Crippen molar-refractivity contribution in [3.05, 3.63) is 124 Å². The largest absolute Gasteiger partial charge is 0.489 e. The van der Waals surface area contributed by atoms with Crippen LogP contribution in [0.4, 0.5) is 0 Å². The van der Waals surface area contributed by atoms with Crippen molar-refractivity contribution in [2.24, 2.45) is 0 Å². The fourth-order valence-electron chi connectivity index (χ4n) is 3.40. The van der Waals surface area contributed by atoms with Gasteiger partial charge >= 0.3 is 0 Å². The topological polar surface area (TPSA) is 90.3 Å². The quantitative estimate of drug-likeness (QED) is 0.327. The zero-order valence-corrected chi connectivity index (χ0v) is 21.0. The molecule has 1 heterocycles. The molecule has 1 N–H and O–H groups in total. The van der Waals surface area contributed by atoms with Gasteiger partial charge in [-0.2, -0.15) is 0 Å². The van der Waals surface area contributed by atoms with Crippen molar-refractivity contribution >= 4 is 33.6 Å². The molecular weight excluding hydrogens is 498 g/mol. The summed E-state index contributed by atoms with van der Waals surface area (Å²) in [5.74, 6) is 0.368. The van der Waals surface area contributed by atoms with Crippen LogP contribution in [0.5, 0.6) is 5.75 Å². The molecule has 0 saturated carbocycles. The Bertz CT molecular complexity index is 1480. The van der Waals surface area contributed by atoms with Crippen LogP contribution in [0, 0.1) is 6.92 Å². The molecule has 1 aromatic heterocycles. The van der Waals surface area contributed by atoms with Crippen molar-refractivity contribution in [1.29, 1.82) is 0 Å². The van der Waals surface area contributed by atoms with E-state index in [0.29, 0.717) is 35.3 Å². The first kappa shape index (κ1) is 25.2. The van der Waals surface area contributed by atoms with Gasteiger partial charge in [0.25, 0.3) is 15.9 Å². The second kappa shape index (κ2) is 11.2. The van der Waals surface area contributed by atoms with Crippen molar-refractivity contribution in [3.8, 4) is 5.75 Å². The fourth-order valence-corrected chi connectivity index (χ4v) is 4.39. The lowest BCUT2D eigenvalue weighted by atomic mass is 10.2. The van der Waals surface area contributed by atoms with E-state index < -0.39 is 15.9 Å². The minimum atomic E-state index is -3.99. The van der Waals surface area contributed by atoms with Gasteiger partial charge < -0.3 is 9.30 Å². The lowest BCUT2D eigenvalue weighted by molar-refractivity contribution is 0.0977.